The number of hydrogen-bond donors (Lipinski definition) is 4. The van der Waals surface area contributed by atoms with Crippen molar-refractivity contribution in [2.75, 3.05) is 39.5 Å². The Morgan fingerprint density at radius 1 is 0.565 bits per heavy atom. The van der Waals surface area contributed by atoms with Gasteiger partial charge in [0.05, 0.1) is 56.1 Å². The van der Waals surface area contributed by atoms with Crippen molar-refractivity contribution in [3.63, 3.8) is 0 Å². The quantitative estimate of drug-likeness (QED) is 0.0452. The van der Waals surface area contributed by atoms with Crippen molar-refractivity contribution < 1.29 is 49.7 Å². The molecular formula is C41H38N8O11S2. The summed E-state index contributed by atoms with van der Waals surface area (Å²) in [5.41, 5.74) is 9.52. The summed E-state index contributed by atoms with van der Waals surface area (Å²) in [7, 11) is -3.79. The second-order valence-electron chi connectivity index (χ2n) is 13.3. The lowest BCUT2D eigenvalue weighted by Crippen LogP contribution is -2.12. The third-order valence-electron chi connectivity index (χ3n) is 9.18. The molecule has 0 aliphatic carbocycles. The van der Waals surface area contributed by atoms with Crippen LogP contribution in [0.2, 0.25) is 0 Å². The largest absolute Gasteiger partial charge is 0.494 e. The molecule has 0 bridgehead atoms. The van der Waals surface area contributed by atoms with E-state index in [9.17, 15) is 30.7 Å². The van der Waals surface area contributed by atoms with E-state index in [0.717, 1.165) is 18.2 Å². The number of amides is 1. The summed E-state index contributed by atoms with van der Waals surface area (Å²) in [5, 5.41) is 28.7. The Bertz CT molecular complexity index is 3050. The van der Waals surface area contributed by atoms with E-state index in [-0.39, 0.29) is 56.7 Å². The van der Waals surface area contributed by atoms with Gasteiger partial charge in [0.25, 0.3) is 26.1 Å². The summed E-state index contributed by atoms with van der Waals surface area (Å²) >= 11 is 0. The molecule has 0 aliphatic rings. The number of methoxy groups -OCH3 is 4. The highest BCUT2D eigenvalue weighted by Crippen LogP contribution is 2.44. The van der Waals surface area contributed by atoms with Crippen molar-refractivity contribution in [2.45, 2.75) is 23.6 Å². The summed E-state index contributed by atoms with van der Waals surface area (Å²) in [5.74, 6) is 0.744. The number of nitrogens with zero attached hydrogens (tertiary/aromatic N) is 6. The summed E-state index contributed by atoms with van der Waals surface area (Å²) < 4.78 is 90.4. The van der Waals surface area contributed by atoms with Gasteiger partial charge in [-0.2, -0.15) is 27.1 Å². The number of benzene rings is 6. The Kier molecular flexibility index (Phi) is 12.9. The van der Waals surface area contributed by atoms with E-state index in [1.807, 2.05) is 0 Å². The molecule has 0 atom stereocenters. The molecule has 21 heteroatoms. The van der Waals surface area contributed by atoms with Crippen LogP contribution in [0.15, 0.2) is 131 Å². The molecule has 0 fully saturated rings. The van der Waals surface area contributed by atoms with Crippen molar-refractivity contribution in [2.24, 2.45) is 30.7 Å². The summed E-state index contributed by atoms with van der Waals surface area (Å²) in [4.78, 5) is 11.8. The van der Waals surface area contributed by atoms with Gasteiger partial charge < -0.3 is 30.0 Å². The number of rotatable bonds is 14. The van der Waals surface area contributed by atoms with E-state index in [1.54, 1.807) is 68.4 Å². The van der Waals surface area contributed by atoms with Crippen LogP contribution in [-0.4, -0.2) is 60.3 Å². The number of anilines is 2. The number of nitrogen functional groups attached to an aromatic ring is 1. The first kappa shape index (κ1) is 44.2. The summed E-state index contributed by atoms with van der Waals surface area (Å²) in [6.45, 7) is 3.48. The predicted octanol–water partition coefficient (Wildman–Crippen LogP) is 10.1. The molecule has 6 aromatic carbocycles. The van der Waals surface area contributed by atoms with E-state index < -0.39 is 30.0 Å². The van der Waals surface area contributed by atoms with Gasteiger partial charge in [-0.05, 0) is 85.0 Å². The Hall–Kier alpha value is -7.33. The molecule has 0 spiro atoms. The van der Waals surface area contributed by atoms with Gasteiger partial charge in [-0.25, -0.2) is 0 Å². The number of carbonyl (C=O) groups excluding carboxylic acids is 1. The van der Waals surface area contributed by atoms with Gasteiger partial charge in [0, 0.05) is 40.9 Å². The Morgan fingerprint density at radius 3 is 1.55 bits per heavy atom. The molecule has 0 unspecified atom stereocenters. The molecule has 0 saturated carbocycles. The molecule has 1 amide bonds. The van der Waals surface area contributed by atoms with Gasteiger partial charge in [-0.3, -0.25) is 13.9 Å². The van der Waals surface area contributed by atoms with Crippen LogP contribution in [0.5, 0.6) is 23.0 Å². The fourth-order valence-electron chi connectivity index (χ4n) is 6.02. The van der Waals surface area contributed by atoms with Crippen LogP contribution in [-0.2, 0) is 20.2 Å². The molecule has 6 rings (SSSR count). The fourth-order valence-corrected chi connectivity index (χ4v) is 7.29. The molecule has 0 aromatic heterocycles. The number of nitrogens with two attached hydrogens (primary N) is 1. The van der Waals surface area contributed by atoms with Gasteiger partial charge in [0.1, 0.15) is 45.0 Å². The van der Waals surface area contributed by atoms with Crippen LogP contribution in [0, 0.1) is 13.8 Å². The maximum absolute atomic E-state index is 12.9. The average Bonchev–Trinajstić information content (AvgIpc) is 3.23. The number of carbonyl (C=O) groups is 1. The zero-order valence-corrected chi connectivity index (χ0v) is 35.4. The Morgan fingerprint density at radius 2 is 1.03 bits per heavy atom. The van der Waals surface area contributed by atoms with E-state index in [1.165, 1.54) is 46.6 Å². The highest BCUT2D eigenvalue weighted by atomic mass is 32.2. The van der Waals surface area contributed by atoms with Crippen molar-refractivity contribution in [3.8, 4) is 23.0 Å². The molecule has 5 N–H and O–H groups in total. The number of hydrogen-bond acceptors (Lipinski definition) is 16. The molecule has 62 heavy (non-hydrogen) atoms. The standard InChI is InChI=1S/C41H38N8O11S2/c1-22-14-30(43-41(50)24-10-12-26(42)13-11-24)35(57-3)18-28(22)44-47-32-20-38(60-6)33(21-37(32)59-5)48-46-31-15-23(2)29(19-36(31)58-4)45-49-34-17-27(61(51,52)53)16-25-8-7-9-39(40(25)34)62(54,55)56/h7-21H,42H2,1-6H3,(H,43,50)(H,51,52,53)(H,54,55,56). The number of azo groups is 3. The zero-order valence-electron chi connectivity index (χ0n) is 33.8. The van der Waals surface area contributed by atoms with Gasteiger partial charge in [0.15, 0.2) is 0 Å². The number of fused-ring (bicyclic) bond motifs is 1. The number of aryl methyl sites for hydroxylation is 2. The highest BCUT2D eigenvalue weighted by Gasteiger charge is 2.21. The monoisotopic (exact) mass is 882 g/mol. The molecule has 19 nitrogen and oxygen atoms in total. The van der Waals surface area contributed by atoms with Crippen LogP contribution in [0.25, 0.3) is 10.8 Å². The van der Waals surface area contributed by atoms with Gasteiger partial charge in [0.2, 0.25) is 0 Å². The average molecular weight is 883 g/mol. The highest BCUT2D eigenvalue weighted by molar-refractivity contribution is 7.86. The molecule has 0 radical (unpaired) electrons. The summed E-state index contributed by atoms with van der Waals surface area (Å²) in [6.07, 6.45) is 0. The lowest BCUT2D eigenvalue weighted by atomic mass is 10.1. The van der Waals surface area contributed by atoms with Crippen molar-refractivity contribution in [1.82, 2.24) is 0 Å². The smallest absolute Gasteiger partial charge is 0.295 e. The van der Waals surface area contributed by atoms with Gasteiger partial charge in [-0.1, -0.05) is 12.1 Å². The van der Waals surface area contributed by atoms with E-state index in [0.29, 0.717) is 45.2 Å². The maximum Gasteiger partial charge on any atom is 0.295 e. The van der Waals surface area contributed by atoms with Crippen LogP contribution in [0.1, 0.15) is 21.5 Å². The van der Waals surface area contributed by atoms with Crippen LogP contribution in [0.3, 0.4) is 0 Å². The van der Waals surface area contributed by atoms with Crippen LogP contribution < -0.4 is 30.0 Å². The van der Waals surface area contributed by atoms with E-state index >= 15 is 0 Å². The first-order chi connectivity index (χ1) is 29.4. The lowest BCUT2D eigenvalue weighted by Gasteiger charge is -2.13. The molecule has 320 valence electrons. The van der Waals surface area contributed by atoms with Crippen molar-refractivity contribution >= 4 is 82.4 Å². The third-order valence-corrected chi connectivity index (χ3v) is 10.9. The first-order valence-electron chi connectivity index (χ1n) is 18.0. The maximum atomic E-state index is 12.9. The van der Waals surface area contributed by atoms with Crippen molar-refractivity contribution in [3.05, 3.63) is 108 Å². The van der Waals surface area contributed by atoms with E-state index in [2.05, 4.69) is 36.0 Å². The molecule has 6 aromatic rings. The van der Waals surface area contributed by atoms with Crippen LogP contribution in [0.4, 0.5) is 45.5 Å². The lowest BCUT2D eigenvalue weighted by molar-refractivity contribution is 0.102. The second-order valence-corrected chi connectivity index (χ2v) is 16.1. The zero-order chi connectivity index (χ0) is 44.9. The minimum atomic E-state index is -4.78. The topological polar surface area (TPSA) is 275 Å². The second kappa shape index (κ2) is 18.1. The number of ether oxygens (including phenoxy) is 4. The first-order valence-corrected chi connectivity index (χ1v) is 20.9. The Labute approximate surface area is 355 Å². The Balaban J connectivity index is 1.28. The van der Waals surface area contributed by atoms with Crippen molar-refractivity contribution in [1.29, 1.82) is 0 Å². The predicted molar refractivity (Wildman–Crippen MR) is 230 cm³/mol. The summed E-state index contributed by atoms with van der Waals surface area (Å²) in [6, 6.07) is 21.8. The molecule has 0 aliphatic heterocycles. The number of nitrogens with one attached hydrogen (secondary N) is 1. The van der Waals surface area contributed by atoms with E-state index in [4.69, 9.17) is 24.7 Å². The fraction of sp³-hybridized carbons (Fsp3) is 0.146. The minimum Gasteiger partial charge on any atom is -0.494 e. The minimum absolute atomic E-state index is 0.0536. The SMILES string of the molecule is COc1cc(N=Nc2cc(C)c(N=Nc3cc(S(=O)(=O)O)cc4cccc(S(=O)(=O)O)c34)cc2OC)c(OC)cc1N=Nc1cc(OC)c(NC(=O)c2ccc(N)cc2)cc1C. The van der Waals surface area contributed by atoms with Gasteiger partial charge >= 0.3 is 0 Å². The van der Waals surface area contributed by atoms with Crippen LogP contribution >= 0.6 is 0 Å². The molecule has 0 heterocycles. The normalized spacial score (nSPS) is 12.1. The molecule has 0 saturated heterocycles. The van der Waals surface area contributed by atoms with Gasteiger partial charge in [-0.15, -0.1) is 20.5 Å². The molecular weight excluding hydrogens is 845 g/mol. The third kappa shape index (κ3) is 9.82.